The molecule has 1 heterocycles. The largest absolute Gasteiger partial charge is 0.464 e. The summed E-state index contributed by atoms with van der Waals surface area (Å²) >= 11 is 6.74. The number of aromatic nitrogens is 1. The van der Waals surface area contributed by atoms with Crippen molar-refractivity contribution in [2.45, 2.75) is 6.92 Å². The van der Waals surface area contributed by atoms with Crippen LogP contribution in [0.1, 0.15) is 27.1 Å². The first kappa shape index (κ1) is 14.6. The van der Waals surface area contributed by atoms with E-state index in [4.69, 9.17) is 11.6 Å². The molecule has 0 saturated heterocycles. The van der Waals surface area contributed by atoms with E-state index in [1.807, 2.05) is 0 Å². The molecule has 104 valence electrons. The number of hydrogen-bond acceptors (Lipinski definition) is 5. The Balaban J connectivity index is 2.61. The summed E-state index contributed by atoms with van der Waals surface area (Å²) in [5.41, 5.74) is 0.0273. The molecule has 0 fully saturated rings. The zero-order valence-corrected chi connectivity index (χ0v) is 12.1. The van der Waals surface area contributed by atoms with Crippen molar-refractivity contribution in [3.8, 4) is 10.6 Å². The van der Waals surface area contributed by atoms with Crippen LogP contribution in [0.2, 0.25) is 5.02 Å². The van der Waals surface area contributed by atoms with E-state index in [9.17, 15) is 14.0 Å². The molecule has 2 rings (SSSR count). The van der Waals surface area contributed by atoms with Gasteiger partial charge >= 0.3 is 5.97 Å². The second kappa shape index (κ2) is 5.68. The maximum atomic E-state index is 13.8. The topological polar surface area (TPSA) is 56.3 Å². The van der Waals surface area contributed by atoms with Gasteiger partial charge in [-0.05, 0) is 18.2 Å². The SMILES string of the molecule is COC(=O)c1nc(-c2cc(Cl)ccc2F)sc1C(C)=O. The van der Waals surface area contributed by atoms with Crippen molar-refractivity contribution in [3.05, 3.63) is 39.6 Å². The third-order valence-electron chi connectivity index (χ3n) is 2.48. The van der Waals surface area contributed by atoms with Gasteiger partial charge in [-0.1, -0.05) is 11.6 Å². The number of esters is 1. The van der Waals surface area contributed by atoms with Gasteiger partial charge in [-0.3, -0.25) is 4.79 Å². The van der Waals surface area contributed by atoms with E-state index in [0.29, 0.717) is 5.02 Å². The molecule has 0 saturated carbocycles. The molecule has 0 aliphatic carbocycles. The molecule has 0 atom stereocenters. The number of carbonyl (C=O) groups is 2. The predicted octanol–water partition coefficient (Wildman–Crippen LogP) is 3.59. The Morgan fingerprint density at radius 1 is 1.40 bits per heavy atom. The van der Waals surface area contributed by atoms with Crippen LogP contribution in [-0.4, -0.2) is 23.8 Å². The van der Waals surface area contributed by atoms with E-state index >= 15 is 0 Å². The van der Waals surface area contributed by atoms with Crippen molar-refractivity contribution >= 4 is 34.7 Å². The molecule has 1 aromatic carbocycles. The zero-order chi connectivity index (χ0) is 14.9. The van der Waals surface area contributed by atoms with Gasteiger partial charge in [0.15, 0.2) is 11.5 Å². The molecule has 0 aliphatic heterocycles. The first-order valence-corrected chi connectivity index (χ1v) is 6.69. The van der Waals surface area contributed by atoms with E-state index in [1.54, 1.807) is 0 Å². The van der Waals surface area contributed by atoms with E-state index in [2.05, 4.69) is 9.72 Å². The number of methoxy groups -OCH3 is 1. The van der Waals surface area contributed by atoms with Crippen LogP contribution < -0.4 is 0 Å². The van der Waals surface area contributed by atoms with Crippen LogP contribution in [0, 0.1) is 5.82 Å². The quantitative estimate of drug-likeness (QED) is 0.642. The summed E-state index contributed by atoms with van der Waals surface area (Å²) in [5.74, 6) is -1.61. The molecular weight excluding hydrogens is 305 g/mol. The summed E-state index contributed by atoms with van der Waals surface area (Å²) in [7, 11) is 1.19. The lowest BCUT2D eigenvalue weighted by Crippen LogP contribution is -2.06. The second-order valence-electron chi connectivity index (χ2n) is 3.87. The minimum Gasteiger partial charge on any atom is -0.464 e. The molecule has 0 spiro atoms. The van der Waals surface area contributed by atoms with Gasteiger partial charge in [-0.15, -0.1) is 11.3 Å². The summed E-state index contributed by atoms with van der Waals surface area (Å²) in [4.78, 5) is 27.2. The number of carbonyl (C=O) groups excluding carboxylic acids is 2. The molecule has 7 heteroatoms. The molecule has 0 N–H and O–H groups in total. The van der Waals surface area contributed by atoms with Gasteiger partial charge < -0.3 is 4.74 Å². The highest BCUT2D eigenvalue weighted by molar-refractivity contribution is 7.17. The van der Waals surface area contributed by atoms with E-state index in [0.717, 1.165) is 11.3 Å². The molecular formula is C13H9ClFNO3S. The van der Waals surface area contributed by atoms with E-state index in [1.165, 1.54) is 32.2 Å². The summed E-state index contributed by atoms with van der Waals surface area (Å²) in [6, 6.07) is 3.99. The number of thiazole rings is 1. The van der Waals surface area contributed by atoms with Crippen molar-refractivity contribution in [2.24, 2.45) is 0 Å². The van der Waals surface area contributed by atoms with Gasteiger partial charge in [0.1, 0.15) is 15.7 Å². The number of ketones is 1. The monoisotopic (exact) mass is 313 g/mol. The molecule has 20 heavy (non-hydrogen) atoms. The van der Waals surface area contributed by atoms with Crippen molar-refractivity contribution in [2.75, 3.05) is 7.11 Å². The summed E-state index contributed by atoms with van der Waals surface area (Å²) in [6.07, 6.45) is 0. The molecule has 0 aliphatic rings. The number of rotatable bonds is 3. The molecule has 0 bridgehead atoms. The molecule has 1 aromatic heterocycles. The molecule has 0 amide bonds. The van der Waals surface area contributed by atoms with Gasteiger partial charge in [0, 0.05) is 17.5 Å². The Morgan fingerprint density at radius 2 is 2.10 bits per heavy atom. The molecule has 4 nitrogen and oxygen atoms in total. The van der Waals surface area contributed by atoms with Crippen molar-refractivity contribution in [1.82, 2.24) is 4.98 Å². The number of Topliss-reactive ketones (excluding diaryl/α,β-unsaturated/α-hetero) is 1. The van der Waals surface area contributed by atoms with Crippen molar-refractivity contribution in [3.63, 3.8) is 0 Å². The average Bonchev–Trinajstić information content (AvgIpc) is 2.85. The van der Waals surface area contributed by atoms with Gasteiger partial charge in [-0.2, -0.15) is 0 Å². The summed E-state index contributed by atoms with van der Waals surface area (Å²) in [5, 5.41) is 0.538. The number of ether oxygens (including phenoxy) is 1. The predicted molar refractivity (Wildman–Crippen MR) is 73.9 cm³/mol. The summed E-state index contributed by atoms with van der Waals surface area (Å²) in [6.45, 7) is 1.30. The number of nitrogens with zero attached hydrogens (tertiary/aromatic N) is 1. The minimum absolute atomic E-state index is 0.112. The lowest BCUT2D eigenvalue weighted by Gasteiger charge is -1.99. The minimum atomic E-state index is -0.736. The smallest absolute Gasteiger partial charge is 0.358 e. The van der Waals surface area contributed by atoms with Gasteiger partial charge in [-0.25, -0.2) is 14.2 Å². The third kappa shape index (κ3) is 2.71. The van der Waals surface area contributed by atoms with Crippen LogP contribution in [0.5, 0.6) is 0 Å². The summed E-state index contributed by atoms with van der Waals surface area (Å²) < 4.78 is 18.4. The molecule has 2 aromatic rings. The highest BCUT2D eigenvalue weighted by Crippen LogP contribution is 2.32. The Labute approximate surface area is 123 Å². The Hall–Kier alpha value is -1.79. The van der Waals surface area contributed by atoms with E-state index in [-0.39, 0.29) is 26.9 Å². The maximum absolute atomic E-state index is 13.8. The lowest BCUT2D eigenvalue weighted by atomic mass is 10.2. The number of benzene rings is 1. The van der Waals surface area contributed by atoms with Gasteiger partial charge in [0.25, 0.3) is 0 Å². The van der Waals surface area contributed by atoms with E-state index < -0.39 is 11.8 Å². The Bertz CT molecular complexity index is 699. The van der Waals surface area contributed by atoms with Crippen LogP contribution in [0.4, 0.5) is 4.39 Å². The number of hydrogen-bond donors (Lipinski definition) is 0. The van der Waals surface area contributed by atoms with Crippen LogP contribution in [0.3, 0.4) is 0 Å². The maximum Gasteiger partial charge on any atom is 0.358 e. The number of halogens is 2. The van der Waals surface area contributed by atoms with Crippen LogP contribution in [0.15, 0.2) is 18.2 Å². The van der Waals surface area contributed by atoms with Crippen LogP contribution >= 0.6 is 22.9 Å². The second-order valence-corrected chi connectivity index (χ2v) is 5.30. The highest BCUT2D eigenvalue weighted by Gasteiger charge is 2.23. The van der Waals surface area contributed by atoms with Crippen molar-refractivity contribution < 1.29 is 18.7 Å². The zero-order valence-electron chi connectivity index (χ0n) is 10.6. The highest BCUT2D eigenvalue weighted by atomic mass is 35.5. The fourth-order valence-corrected chi connectivity index (χ4v) is 2.71. The Kier molecular flexibility index (Phi) is 4.15. The first-order valence-electron chi connectivity index (χ1n) is 5.49. The molecule has 0 unspecified atom stereocenters. The first-order chi connectivity index (χ1) is 9.43. The fraction of sp³-hybridized carbons (Fsp3) is 0.154. The Morgan fingerprint density at radius 3 is 2.70 bits per heavy atom. The molecule has 0 radical (unpaired) electrons. The van der Waals surface area contributed by atoms with Gasteiger partial charge in [0.05, 0.1) is 7.11 Å². The fourth-order valence-electron chi connectivity index (χ4n) is 1.57. The standard InChI is InChI=1S/C13H9ClFNO3S/c1-6(17)11-10(13(18)19-2)16-12(20-11)8-5-7(14)3-4-9(8)15/h3-5H,1-2H3. The van der Waals surface area contributed by atoms with Crippen LogP contribution in [0.25, 0.3) is 10.6 Å². The average molecular weight is 314 g/mol. The van der Waals surface area contributed by atoms with Crippen LogP contribution in [-0.2, 0) is 4.74 Å². The van der Waals surface area contributed by atoms with Crippen molar-refractivity contribution in [1.29, 1.82) is 0 Å². The lowest BCUT2D eigenvalue weighted by molar-refractivity contribution is 0.0591. The normalized spacial score (nSPS) is 10.4. The van der Waals surface area contributed by atoms with Gasteiger partial charge in [0.2, 0.25) is 0 Å². The third-order valence-corrected chi connectivity index (χ3v) is 3.91.